The maximum Gasteiger partial charge on any atom is 0.0986 e. The van der Waals surface area contributed by atoms with Crippen molar-refractivity contribution in [1.29, 1.82) is 0 Å². The average Bonchev–Trinajstić information content (AvgIpc) is 3.09. The lowest BCUT2D eigenvalue weighted by Crippen LogP contribution is -2.39. The van der Waals surface area contributed by atoms with Crippen LogP contribution in [0.1, 0.15) is 22.7 Å². The highest BCUT2D eigenvalue weighted by Gasteiger charge is 2.38. The van der Waals surface area contributed by atoms with Gasteiger partial charge in [0.2, 0.25) is 0 Å². The molecule has 1 aliphatic rings. The standard InChI is InChI=1S/C23H23N3/c1-17-13-15-18(16-14-17)21-22(24-2)23(19-9-5-3-6-10-19)26(25-21)20-11-7-4-8-12-20/h3-16,22-24H,1-2H3/t22-,23-/m0/s1. The summed E-state index contributed by atoms with van der Waals surface area (Å²) in [5, 5.41) is 10.7. The lowest BCUT2D eigenvalue weighted by atomic mass is 9.93. The summed E-state index contributed by atoms with van der Waals surface area (Å²) in [4.78, 5) is 0. The lowest BCUT2D eigenvalue weighted by molar-refractivity contribution is 0.572. The van der Waals surface area contributed by atoms with E-state index in [2.05, 4.69) is 96.1 Å². The number of nitrogens with zero attached hydrogens (tertiary/aromatic N) is 2. The van der Waals surface area contributed by atoms with Crippen molar-refractivity contribution in [1.82, 2.24) is 5.32 Å². The predicted octanol–water partition coefficient (Wildman–Crippen LogP) is 4.55. The first-order valence-corrected chi connectivity index (χ1v) is 9.00. The first-order chi connectivity index (χ1) is 12.8. The number of hydrogen-bond donors (Lipinski definition) is 1. The van der Waals surface area contributed by atoms with Crippen molar-refractivity contribution in [2.45, 2.75) is 19.0 Å². The van der Waals surface area contributed by atoms with Gasteiger partial charge in [0.25, 0.3) is 0 Å². The minimum atomic E-state index is 0.111. The molecular formula is C23H23N3. The first kappa shape index (κ1) is 16.6. The molecule has 1 aliphatic heterocycles. The van der Waals surface area contributed by atoms with E-state index in [9.17, 15) is 0 Å². The fourth-order valence-corrected chi connectivity index (χ4v) is 3.57. The van der Waals surface area contributed by atoms with Crippen molar-refractivity contribution < 1.29 is 0 Å². The summed E-state index contributed by atoms with van der Waals surface area (Å²) < 4.78 is 0. The van der Waals surface area contributed by atoms with Crippen LogP contribution in [-0.4, -0.2) is 18.8 Å². The van der Waals surface area contributed by atoms with Crippen LogP contribution in [0.2, 0.25) is 0 Å². The molecule has 3 nitrogen and oxygen atoms in total. The Balaban J connectivity index is 1.83. The van der Waals surface area contributed by atoms with Crippen molar-refractivity contribution in [2.75, 3.05) is 12.1 Å². The molecule has 0 aromatic heterocycles. The number of benzene rings is 3. The number of rotatable bonds is 4. The van der Waals surface area contributed by atoms with E-state index in [1.807, 2.05) is 13.1 Å². The molecule has 3 aromatic carbocycles. The SMILES string of the molecule is CN[C@H]1C(c2ccc(C)cc2)=NN(c2ccccc2)[C@H]1c1ccccc1. The quantitative estimate of drug-likeness (QED) is 0.754. The highest BCUT2D eigenvalue weighted by Crippen LogP contribution is 2.36. The summed E-state index contributed by atoms with van der Waals surface area (Å²) in [5.74, 6) is 0. The van der Waals surface area contributed by atoms with Gasteiger partial charge in [0.1, 0.15) is 0 Å². The fraction of sp³-hybridized carbons (Fsp3) is 0.174. The topological polar surface area (TPSA) is 27.6 Å². The second-order valence-electron chi connectivity index (χ2n) is 6.65. The van der Waals surface area contributed by atoms with E-state index in [4.69, 9.17) is 5.10 Å². The summed E-state index contributed by atoms with van der Waals surface area (Å²) in [6, 6.07) is 29.8. The van der Waals surface area contributed by atoms with Crippen LogP contribution in [-0.2, 0) is 0 Å². The van der Waals surface area contributed by atoms with Gasteiger partial charge in [-0.3, -0.25) is 5.01 Å². The van der Waals surface area contributed by atoms with Gasteiger partial charge in [-0.2, -0.15) is 5.10 Å². The van der Waals surface area contributed by atoms with Gasteiger partial charge < -0.3 is 5.32 Å². The lowest BCUT2D eigenvalue weighted by Gasteiger charge is -2.28. The smallest absolute Gasteiger partial charge is 0.0986 e. The van der Waals surface area contributed by atoms with Crippen LogP contribution in [0.5, 0.6) is 0 Å². The van der Waals surface area contributed by atoms with Crippen LogP contribution in [0.3, 0.4) is 0 Å². The second-order valence-corrected chi connectivity index (χ2v) is 6.65. The van der Waals surface area contributed by atoms with E-state index in [1.165, 1.54) is 11.1 Å². The Hall–Kier alpha value is -2.91. The molecule has 0 spiro atoms. The molecule has 3 aromatic rings. The third-order valence-electron chi connectivity index (χ3n) is 4.91. The Labute approximate surface area is 155 Å². The molecule has 3 heteroatoms. The molecule has 0 amide bonds. The molecule has 130 valence electrons. The van der Waals surface area contributed by atoms with Gasteiger partial charge in [-0.25, -0.2) is 0 Å². The summed E-state index contributed by atoms with van der Waals surface area (Å²) >= 11 is 0. The fourth-order valence-electron chi connectivity index (χ4n) is 3.57. The second kappa shape index (κ2) is 7.14. The summed E-state index contributed by atoms with van der Waals surface area (Å²) in [7, 11) is 2.01. The average molecular weight is 341 g/mol. The monoisotopic (exact) mass is 341 g/mol. The zero-order chi connectivity index (χ0) is 17.9. The Morgan fingerprint density at radius 1 is 0.808 bits per heavy atom. The highest BCUT2D eigenvalue weighted by molar-refractivity contribution is 6.07. The molecule has 0 saturated carbocycles. The largest absolute Gasteiger partial charge is 0.310 e. The summed E-state index contributed by atoms with van der Waals surface area (Å²) in [6.07, 6.45) is 0. The third-order valence-corrected chi connectivity index (χ3v) is 4.91. The Morgan fingerprint density at radius 3 is 2.04 bits per heavy atom. The normalized spacial score (nSPS) is 19.5. The van der Waals surface area contributed by atoms with Crippen LogP contribution in [0.15, 0.2) is 90.0 Å². The van der Waals surface area contributed by atoms with Gasteiger partial charge in [-0.1, -0.05) is 78.4 Å². The molecule has 0 bridgehead atoms. The van der Waals surface area contributed by atoms with E-state index < -0.39 is 0 Å². The summed E-state index contributed by atoms with van der Waals surface area (Å²) in [5.41, 5.74) is 5.85. The van der Waals surface area contributed by atoms with Crippen molar-refractivity contribution >= 4 is 11.4 Å². The zero-order valence-corrected chi connectivity index (χ0v) is 15.1. The third kappa shape index (κ3) is 3.02. The molecule has 1 N–H and O–H groups in total. The highest BCUT2D eigenvalue weighted by atomic mass is 15.5. The van der Waals surface area contributed by atoms with E-state index in [0.717, 1.165) is 17.0 Å². The first-order valence-electron chi connectivity index (χ1n) is 9.00. The van der Waals surface area contributed by atoms with Crippen molar-refractivity contribution in [3.8, 4) is 0 Å². The molecule has 26 heavy (non-hydrogen) atoms. The number of aryl methyl sites for hydroxylation is 1. The molecule has 2 atom stereocenters. The van der Waals surface area contributed by atoms with Crippen LogP contribution in [0, 0.1) is 6.92 Å². The Morgan fingerprint density at radius 2 is 1.42 bits per heavy atom. The number of likely N-dealkylation sites (N-methyl/N-ethyl adjacent to an activating group) is 1. The van der Waals surface area contributed by atoms with Gasteiger partial charge >= 0.3 is 0 Å². The Bertz CT molecular complexity index is 886. The number of hydrazone groups is 1. The maximum atomic E-state index is 5.06. The van der Waals surface area contributed by atoms with Gasteiger partial charge in [-0.05, 0) is 37.2 Å². The maximum absolute atomic E-state index is 5.06. The minimum absolute atomic E-state index is 0.111. The number of hydrogen-bond acceptors (Lipinski definition) is 3. The van der Waals surface area contributed by atoms with Crippen LogP contribution in [0.25, 0.3) is 0 Å². The van der Waals surface area contributed by atoms with Gasteiger partial charge in [0.15, 0.2) is 0 Å². The van der Waals surface area contributed by atoms with Crippen LogP contribution in [0.4, 0.5) is 5.69 Å². The van der Waals surface area contributed by atoms with Crippen molar-refractivity contribution in [3.63, 3.8) is 0 Å². The van der Waals surface area contributed by atoms with Gasteiger partial charge in [0.05, 0.1) is 23.5 Å². The number of anilines is 1. The molecule has 0 saturated heterocycles. The van der Waals surface area contributed by atoms with E-state index in [0.29, 0.717) is 0 Å². The zero-order valence-electron chi connectivity index (χ0n) is 15.1. The van der Waals surface area contributed by atoms with Gasteiger partial charge in [-0.15, -0.1) is 0 Å². The van der Waals surface area contributed by atoms with E-state index in [1.54, 1.807) is 0 Å². The summed E-state index contributed by atoms with van der Waals surface area (Å²) in [6.45, 7) is 2.11. The van der Waals surface area contributed by atoms with Crippen LogP contribution >= 0.6 is 0 Å². The molecule has 0 unspecified atom stereocenters. The molecule has 1 heterocycles. The number of para-hydroxylation sites is 1. The molecular weight excluding hydrogens is 318 g/mol. The predicted molar refractivity (Wildman–Crippen MR) is 109 cm³/mol. The van der Waals surface area contributed by atoms with Crippen molar-refractivity contribution in [3.05, 3.63) is 102 Å². The molecule has 4 rings (SSSR count). The van der Waals surface area contributed by atoms with E-state index >= 15 is 0 Å². The molecule has 0 aliphatic carbocycles. The van der Waals surface area contributed by atoms with Gasteiger partial charge in [0, 0.05) is 0 Å². The van der Waals surface area contributed by atoms with E-state index in [-0.39, 0.29) is 12.1 Å². The minimum Gasteiger partial charge on any atom is -0.310 e. The van der Waals surface area contributed by atoms with Crippen LogP contribution < -0.4 is 10.3 Å². The van der Waals surface area contributed by atoms with Crippen molar-refractivity contribution in [2.24, 2.45) is 5.10 Å². The molecule has 0 radical (unpaired) electrons. The number of nitrogens with one attached hydrogen (secondary N) is 1. The Kier molecular flexibility index (Phi) is 4.55. The molecule has 0 fully saturated rings.